The largest absolute Gasteiger partial charge is 0.380 e. The molecular weight excluding hydrogens is 176 g/mol. The third-order valence-electron chi connectivity index (χ3n) is 1.92. The Labute approximate surface area is 84.2 Å². The van der Waals surface area contributed by atoms with Gasteiger partial charge in [0.05, 0.1) is 6.61 Å². The van der Waals surface area contributed by atoms with Crippen LogP contribution in [0.15, 0.2) is 29.8 Å². The van der Waals surface area contributed by atoms with Gasteiger partial charge in [0, 0.05) is 7.11 Å². The molecule has 2 heteroatoms. The number of carbonyl (C=O) groups is 1. The maximum atomic E-state index is 10.5. The minimum absolute atomic E-state index is 0.568. The predicted molar refractivity (Wildman–Crippen MR) is 56.9 cm³/mol. The molecule has 0 N–H and O–H groups in total. The van der Waals surface area contributed by atoms with Crippen LogP contribution in [0.1, 0.15) is 18.1 Å². The van der Waals surface area contributed by atoms with Crippen molar-refractivity contribution in [3.63, 3.8) is 0 Å². The van der Waals surface area contributed by atoms with Gasteiger partial charge in [0.2, 0.25) is 0 Å². The number of aldehydes is 1. The van der Waals surface area contributed by atoms with Gasteiger partial charge in [-0.25, -0.2) is 0 Å². The van der Waals surface area contributed by atoms with E-state index >= 15 is 0 Å². The van der Waals surface area contributed by atoms with E-state index < -0.39 is 0 Å². The number of ether oxygens (including phenoxy) is 1. The average Bonchev–Trinajstić information content (AvgIpc) is 2.21. The van der Waals surface area contributed by atoms with Crippen LogP contribution in [0.4, 0.5) is 0 Å². The molecule has 0 saturated heterocycles. The van der Waals surface area contributed by atoms with Crippen molar-refractivity contribution in [2.24, 2.45) is 0 Å². The predicted octanol–water partition coefficient (Wildman–Crippen LogP) is 2.44. The van der Waals surface area contributed by atoms with Crippen LogP contribution in [-0.4, -0.2) is 13.4 Å². The first-order valence-electron chi connectivity index (χ1n) is 4.48. The summed E-state index contributed by atoms with van der Waals surface area (Å²) in [5, 5.41) is 0. The standard InChI is InChI=1S/C12H14O2/c1-10(8-13)7-11-5-3-4-6-12(11)9-14-2/h3-8H,9H2,1-2H3. The summed E-state index contributed by atoms with van der Waals surface area (Å²) < 4.78 is 5.07. The van der Waals surface area contributed by atoms with E-state index in [4.69, 9.17) is 4.74 Å². The highest BCUT2D eigenvalue weighted by Gasteiger charge is 1.98. The molecule has 0 bridgehead atoms. The second kappa shape index (κ2) is 5.35. The lowest BCUT2D eigenvalue weighted by Gasteiger charge is -2.04. The number of rotatable bonds is 4. The van der Waals surface area contributed by atoms with Gasteiger partial charge < -0.3 is 4.74 Å². The van der Waals surface area contributed by atoms with Crippen LogP contribution in [0, 0.1) is 0 Å². The van der Waals surface area contributed by atoms with E-state index in [9.17, 15) is 4.79 Å². The van der Waals surface area contributed by atoms with Gasteiger partial charge in [-0.15, -0.1) is 0 Å². The Morgan fingerprint density at radius 3 is 2.79 bits per heavy atom. The molecule has 0 aromatic heterocycles. The smallest absolute Gasteiger partial charge is 0.145 e. The minimum Gasteiger partial charge on any atom is -0.380 e. The molecule has 0 fully saturated rings. The number of hydrogen-bond donors (Lipinski definition) is 0. The van der Waals surface area contributed by atoms with Gasteiger partial charge in [0.25, 0.3) is 0 Å². The molecular formula is C12H14O2. The molecule has 0 unspecified atom stereocenters. The number of hydrogen-bond acceptors (Lipinski definition) is 2. The summed E-state index contributed by atoms with van der Waals surface area (Å²) in [6.07, 6.45) is 2.71. The van der Waals surface area contributed by atoms with Crippen LogP contribution in [-0.2, 0) is 16.1 Å². The first kappa shape index (κ1) is 10.7. The number of benzene rings is 1. The van der Waals surface area contributed by atoms with Gasteiger partial charge in [0.15, 0.2) is 0 Å². The first-order valence-corrected chi connectivity index (χ1v) is 4.48. The van der Waals surface area contributed by atoms with Crippen LogP contribution in [0.25, 0.3) is 6.08 Å². The fourth-order valence-corrected chi connectivity index (χ4v) is 1.24. The lowest BCUT2D eigenvalue weighted by Crippen LogP contribution is -1.91. The molecule has 0 aliphatic carbocycles. The monoisotopic (exact) mass is 190 g/mol. The third kappa shape index (κ3) is 2.82. The van der Waals surface area contributed by atoms with E-state index in [-0.39, 0.29) is 0 Å². The summed E-state index contributed by atoms with van der Waals surface area (Å²) in [4.78, 5) is 10.5. The van der Waals surface area contributed by atoms with Gasteiger partial charge in [-0.05, 0) is 29.7 Å². The molecule has 1 aromatic carbocycles. The molecule has 0 amide bonds. The highest BCUT2D eigenvalue weighted by Crippen LogP contribution is 2.13. The molecule has 0 atom stereocenters. The zero-order valence-corrected chi connectivity index (χ0v) is 8.49. The van der Waals surface area contributed by atoms with Gasteiger partial charge >= 0.3 is 0 Å². The number of carbonyl (C=O) groups excluding carboxylic acids is 1. The maximum absolute atomic E-state index is 10.5. The van der Waals surface area contributed by atoms with Crippen molar-refractivity contribution in [2.45, 2.75) is 13.5 Å². The van der Waals surface area contributed by atoms with E-state index in [0.717, 1.165) is 17.4 Å². The molecule has 74 valence electrons. The van der Waals surface area contributed by atoms with Crippen LogP contribution >= 0.6 is 0 Å². The van der Waals surface area contributed by atoms with Crippen molar-refractivity contribution in [1.82, 2.24) is 0 Å². The maximum Gasteiger partial charge on any atom is 0.145 e. The molecule has 0 heterocycles. The summed E-state index contributed by atoms with van der Waals surface area (Å²) in [5.41, 5.74) is 2.85. The number of methoxy groups -OCH3 is 1. The Hall–Kier alpha value is -1.41. The molecule has 0 aliphatic rings. The van der Waals surface area contributed by atoms with E-state index in [1.807, 2.05) is 30.3 Å². The van der Waals surface area contributed by atoms with Gasteiger partial charge in [-0.1, -0.05) is 24.3 Å². The van der Waals surface area contributed by atoms with Crippen molar-refractivity contribution in [1.29, 1.82) is 0 Å². The highest BCUT2D eigenvalue weighted by atomic mass is 16.5. The molecule has 0 saturated carbocycles. The quantitative estimate of drug-likeness (QED) is 0.538. The Morgan fingerprint density at radius 1 is 1.43 bits per heavy atom. The van der Waals surface area contributed by atoms with E-state index in [0.29, 0.717) is 12.2 Å². The normalized spacial score (nSPS) is 11.4. The summed E-state index contributed by atoms with van der Waals surface area (Å²) in [5.74, 6) is 0. The average molecular weight is 190 g/mol. The van der Waals surface area contributed by atoms with E-state index in [1.54, 1.807) is 14.0 Å². The fourth-order valence-electron chi connectivity index (χ4n) is 1.24. The lowest BCUT2D eigenvalue weighted by molar-refractivity contribution is -0.104. The summed E-state index contributed by atoms with van der Waals surface area (Å²) >= 11 is 0. The first-order chi connectivity index (χ1) is 6.77. The van der Waals surface area contributed by atoms with Crippen molar-refractivity contribution >= 4 is 12.4 Å². The Morgan fingerprint density at radius 2 is 2.14 bits per heavy atom. The van der Waals surface area contributed by atoms with Crippen molar-refractivity contribution < 1.29 is 9.53 Å². The molecule has 1 rings (SSSR count). The highest BCUT2D eigenvalue weighted by molar-refractivity contribution is 5.81. The van der Waals surface area contributed by atoms with Crippen molar-refractivity contribution in [2.75, 3.05) is 7.11 Å². The number of allylic oxidation sites excluding steroid dienone is 1. The Bertz CT molecular complexity index is 340. The van der Waals surface area contributed by atoms with Gasteiger partial charge in [-0.2, -0.15) is 0 Å². The third-order valence-corrected chi connectivity index (χ3v) is 1.92. The van der Waals surface area contributed by atoms with Crippen molar-refractivity contribution in [3.8, 4) is 0 Å². The Kier molecular flexibility index (Phi) is 4.08. The van der Waals surface area contributed by atoms with Gasteiger partial charge in [-0.3, -0.25) is 4.79 Å². The lowest BCUT2D eigenvalue weighted by atomic mass is 10.1. The molecule has 1 aromatic rings. The van der Waals surface area contributed by atoms with Crippen LogP contribution in [0.5, 0.6) is 0 Å². The van der Waals surface area contributed by atoms with E-state index in [1.165, 1.54) is 0 Å². The van der Waals surface area contributed by atoms with Crippen LogP contribution < -0.4 is 0 Å². The second-order valence-electron chi connectivity index (χ2n) is 3.14. The molecule has 0 spiro atoms. The van der Waals surface area contributed by atoms with E-state index in [2.05, 4.69) is 0 Å². The molecule has 2 nitrogen and oxygen atoms in total. The molecule has 0 aliphatic heterocycles. The van der Waals surface area contributed by atoms with Gasteiger partial charge in [0.1, 0.15) is 6.29 Å². The fraction of sp³-hybridized carbons (Fsp3) is 0.250. The molecule has 14 heavy (non-hydrogen) atoms. The Balaban J connectivity index is 3.00. The summed E-state index contributed by atoms with van der Waals surface area (Å²) in [6.45, 7) is 2.36. The van der Waals surface area contributed by atoms with Crippen LogP contribution in [0.3, 0.4) is 0 Å². The summed E-state index contributed by atoms with van der Waals surface area (Å²) in [7, 11) is 1.66. The minimum atomic E-state index is 0.568. The zero-order chi connectivity index (χ0) is 10.4. The zero-order valence-electron chi connectivity index (χ0n) is 8.49. The van der Waals surface area contributed by atoms with Crippen molar-refractivity contribution in [3.05, 3.63) is 41.0 Å². The molecule has 0 radical (unpaired) electrons. The van der Waals surface area contributed by atoms with Crippen LogP contribution in [0.2, 0.25) is 0 Å². The second-order valence-corrected chi connectivity index (χ2v) is 3.14. The topological polar surface area (TPSA) is 26.3 Å². The summed E-state index contributed by atoms with van der Waals surface area (Å²) in [6, 6.07) is 7.87. The SMILES string of the molecule is COCc1ccccc1C=C(C)C=O.